The van der Waals surface area contributed by atoms with Crippen molar-refractivity contribution < 1.29 is 0 Å². The van der Waals surface area contributed by atoms with E-state index in [4.69, 9.17) is 7.05 Å². The second kappa shape index (κ2) is 3.74. The van der Waals surface area contributed by atoms with Gasteiger partial charge in [-0.15, -0.1) is 0 Å². The molecule has 1 aromatic rings. The fraction of sp³-hybridized carbons (Fsp3) is 0.125. The number of hydrogen-bond donors (Lipinski definition) is 1. The van der Waals surface area contributed by atoms with Crippen LogP contribution in [0.2, 0.25) is 0 Å². The molecule has 0 spiro atoms. The second-order valence-electron chi connectivity index (χ2n) is 2.01. The normalized spacial score (nSPS) is 9.80. The molecule has 0 fully saturated rings. The highest BCUT2D eigenvalue weighted by atomic mass is 79.9. The number of halogens is 1. The van der Waals surface area contributed by atoms with Gasteiger partial charge in [-0.1, -0.05) is 28.1 Å². The lowest BCUT2D eigenvalue weighted by Gasteiger charge is -1.98. The fourth-order valence-corrected chi connectivity index (χ4v) is 1.21. The van der Waals surface area contributed by atoms with E-state index in [0.29, 0.717) is 6.54 Å². The molecule has 2 radical (unpaired) electrons. The summed E-state index contributed by atoms with van der Waals surface area (Å²) in [6.07, 6.45) is 0. The molecule has 1 rings (SSSR count). The third kappa shape index (κ3) is 2.12. The van der Waals surface area contributed by atoms with Crippen molar-refractivity contribution in [1.82, 2.24) is 5.32 Å². The van der Waals surface area contributed by atoms with Gasteiger partial charge >= 0.3 is 0 Å². The third-order valence-corrected chi connectivity index (χ3v) is 1.69. The van der Waals surface area contributed by atoms with E-state index in [1.807, 2.05) is 24.3 Å². The van der Waals surface area contributed by atoms with E-state index >= 15 is 0 Å². The molecule has 0 aliphatic rings. The van der Waals surface area contributed by atoms with E-state index in [1.54, 1.807) is 0 Å². The topological polar surface area (TPSA) is 12.0 Å². The highest BCUT2D eigenvalue weighted by Crippen LogP contribution is 2.10. The van der Waals surface area contributed by atoms with Crippen molar-refractivity contribution in [2.45, 2.75) is 6.54 Å². The summed E-state index contributed by atoms with van der Waals surface area (Å²) in [4.78, 5) is 0. The SMILES string of the molecule is [CH]NCc1cccc(Br)c1. The second-order valence-corrected chi connectivity index (χ2v) is 2.93. The molecule has 0 saturated heterocycles. The Kier molecular flexibility index (Phi) is 2.90. The quantitative estimate of drug-likeness (QED) is 0.718. The predicted molar refractivity (Wildman–Crippen MR) is 45.3 cm³/mol. The van der Waals surface area contributed by atoms with Gasteiger partial charge < -0.3 is 5.32 Å². The summed E-state index contributed by atoms with van der Waals surface area (Å²) in [5, 5.41) is 2.59. The van der Waals surface area contributed by atoms with Gasteiger partial charge in [-0.25, -0.2) is 0 Å². The van der Waals surface area contributed by atoms with Crippen molar-refractivity contribution in [1.29, 1.82) is 0 Å². The molecule has 0 saturated carbocycles. The minimum absolute atomic E-state index is 0.708. The number of benzene rings is 1. The largest absolute Gasteiger partial charge is 0.307 e. The fourth-order valence-electron chi connectivity index (χ4n) is 0.765. The Hall–Kier alpha value is -0.340. The zero-order valence-corrected chi connectivity index (χ0v) is 7.06. The van der Waals surface area contributed by atoms with Crippen molar-refractivity contribution >= 4 is 15.9 Å². The number of hydrogen-bond acceptors (Lipinski definition) is 1. The lowest BCUT2D eigenvalue weighted by Crippen LogP contribution is -2.01. The lowest BCUT2D eigenvalue weighted by atomic mass is 10.2. The molecule has 2 heteroatoms. The van der Waals surface area contributed by atoms with Crippen LogP contribution in [0.3, 0.4) is 0 Å². The molecular weight excluding hydrogens is 190 g/mol. The van der Waals surface area contributed by atoms with Gasteiger partial charge in [0.05, 0.1) is 0 Å². The van der Waals surface area contributed by atoms with Crippen LogP contribution in [0, 0.1) is 7.05 Å². The van der Waals surface area contributed by atoms with Gasteiger partial charge in [0.1, 0.15) is 0 Å². The van der Waals surface area contributed by atoms with Crippen molar-refractivity contribution in [3.63, 3.8) is 0 Å². The summed E-state index contributed by atoms with van der Waals surface area (Å²) in [7, 11) is 5.15. The summed E-state index contributed by atoms with van der Waals surface area (Å²) in [6.45, 7) is 0.708. The van der Waals surface area contributed by atoms with Gasteiger partial charge in [-0.2, -0.15) is 0 Å². The predicted octanol–water partition coefficient (Wildman–Crippen LogP) is 2.21. The van der Waals surface area contributed by atoms with Gasteiger partial charge in [-0.3, -0.25) is 0 Å². The first-order valence-electron chi connectivity index (χ1n) is 3.01. The number of rotatable bonds is 2. The first kappa shape index (κ1) is 7.76. The molecule has 0 aromatic heterocycles. The molecule has 0 bridgehead atoms. The van der Waals surface area contributed by atoms with Crippen molar-refractivity contribution in [2.24, 2.45) is 0 Å². The van der Waals surface area contributed by atoms with E-state index < -0.39 is 0 Å². The van der Waals surface area contributed by atoms with Crippen LogP contribution in [0.4, 0.5) is 0 Å². The smallest absolute Gasteiger partial charge is 0.0410 e. The molecule has 1 nitrogen and oxygen atoms in total. The minimum Gasteiger partial charge on any atom is -0.307 e. The van der Waals surface area contributed by atoms with Crippen LogP contribution >= 0.6 is 15.9 Å². The zero-order valence-electron chi connectivity index (χ0n) is 5.47. The van der Waals surface area contributed by atoms with E-state index in [2.05, 4.69) is 21.2 Å². The molecule has 0 aliphatic heterocycles. The summed E-state index contributed by atoms with van der Waals surface area (Å²) >= 11 is 3.36. The van der Waals surface area contributed by atoms with Crippen molar-refractivity contribution in [3.8, 4) is 0 Å². The molecule has 0 amide bonds. The Labute approximate surface area is 69.6 Å². The zero-order chi connectivity index (χ0) is 7.40. The van der Waals surface area contributed by atoms with E-state index in [1.165, 1.54) is 5.56 Å². The molecule has 52 valence electrons. The minimum atomic E-state index is 0.708. The van der Waals surface area contributed by atoms with Crippen LogP contribution in [0.1, 0.15) is 5.56 Å². The Morgan fingerprint density at radius 3 is 2.90 bits per heavy atom. The standard InChI is InChI=1S/C8H8BrN/c1-10-6-7-3-2-4-8(9)5-7/h1-5,10H,6H2. The van der Waals surface area contributed by atoms with Crippen LogP contribution in [-0.4, -0.2) is 0 Å². The molecule has 1 N–H and O–H groups in total. The summed E-state index contributed by atoms with van der Waals surface area (Å²) < 4.78 is 1.08. The molecule has 0 aliphatic carbocycles. The highest BCUT2D eigenvalue weighted by molar-refractivity contribution is 9.10. The van der Waals surface area contributed by atoms with E-state index in [9.17, 15) is 0 Å². The maximum Gasteiger partial charge on any atom is 0.0410 e. The van der Waals surface area contributed by atoms with E-state index in [-0.39, 0.29) is 0 Å². The highest BCUT2D eigenvalue weighted by Gasteiger charge is 1.89. The first-order chi connectivity index (χ1) is 4.83. The monoisotopic (exact) mass is 197 g/mol. The Bertz CT molecular complexity index is 210. The maximum atomic E-state index is 5.15. The maximum absolute atomic E-state index is 5.15. The Balaban J connectivity index is 2.75. The lowest BCUT2D eigenvalue weighted by molar-refractivity contribution is 0.865. The summed E-state index contributed by atoms with van der Waals surface area (Å²) in [5.41, 5.74) is 1.18. The molecule has 0 heterocycles. The van der Waals surface area contributed by atoms with Crippen LogP contribution < -0.4 is 5.32 Å². The molecule has 0 unspecified atom stereocenters. The molecule has 0 atom stereocenters. The Morgan fingerprint density at radius 2 is 2.30 bits per heavy atom. The molecule has 10 heavy (non-hydrogen) atoms. The van der Waals surface area contributed by atoms with Gasteiger partial charge in [0.2, 0.25) is 0 Å². The van der Waals surface area contributed by atoms with Gasteiger partial charge in [0.15, 0.2) is 0 Å². The average Bonchev–Trinajstić information content (AvgIpc) is 1.88. The van der Waals surface area contributed by atoms with Crippen molar-refractivity contribution in [3.05, 3.63) is 41.3 Å². The van der Waals surface area contributed by atoms with E-state index in [0.717, 1.165) is 4.47 Å². The van der Waals surface area contributed by atoms with Gasteiger partial charge in [0.25, 0.3) is 0 Å². The van der Waals surface area contributed by atoms with Crippen LogP contribution in [-0.2, 0) is 6.54 Å². The third-order valence-electron chi connectivity index (χ3n) is 1.20. The van der Waals surface area contributed by atoms with Crippen LogP contribution in [0.5, 0.6) is 0 Å². The Morgan fingerprint density at radius 1 is 1.50 bits per heavy atom. The first-order valence-corrected chi connectivity index (χ1v) is 3.80. The summed E-state index contributed by atoms with van der Waals surface area (Å²) in [6, 6.07) is 8.02. The van der Waals surface area contributed by atoms with Gasteiger partial charge in [-0.05, 0) is 17.7 Å². The average molecular weight is 198 g/mol. The molecular formula is C8H8BrN. The van der Waals surface area contributed by atoms with Gasteiger partial charge in [0, 0.05) is 18.1 Å². The summed E-state index contributed by atoms with van der Waals surface area (Å²) in [5.74, 6) is 0. The van der Waals surface area contributed by atoms with Crippen LogP contribution in [0.25, 0.3) is 0 Å². The van der Waals surface area contributed by atoms with Crippen LogP contribution in [0.15, 0.2) is 28.7 Å². The molecule has 1 aromatic carbocycles. The van der Waals surface area contributed by atoms with Crippen molar-refractivity contribution in [2.75, 3.05) is 0 Å². The number of nitrogens with one attached hydrogen (secondary N) is 1.